The molecule has 0 spiro atoms. The van der Waals surface area contributed by atoms with Gasteiger partial charge in [-0.1, -0.05) is 22.9 Å². The first kappa shape index (κ1) is 16.6. The summed E-state index contributed by atoms with van der Waals surface area (Å²) in [7, 11) is 0. The van der Waals surface area contributed by atoms with E-state index in [2.05, 4.69) is 31.2 Å². The number of halogens is 2. The fraction of sp³-hybridized carbons (Fsp3) is 0.333. The molecule has 7 heteroatoms. The van der Waals surface area contributed by atoms with E-state index in [-0.39, 0.29) is 25.1 Å². The third kappa shape index (κ3) is 4.64. The average Bonchev–Trinajstić information content (AvgIpc) is 2.50. The number of hydrogen-bond donors (Lipinski definition) is 2. The van der Waals surface area contributed by atoms with Crippen LogP contribution in [0.2, 0.25) is 0 Å². The van der Waals surface area contributed by atoms with Crippen LogP contribution in [0.1, 0.15) is 24.9 Å². The summed E-state index contributed by atoms with van der Waals surface area (Å²) in [6.07, 6.45) is 3.79. The number of nitrogens with zero attached hydrogens (tertiary/aromatic N) is 2. The Kier molecular flexibility index (Phi) is 6.09. The Labute approximate surface area is 136 Å². The predicted octanol–water partition coefficient (Wildman–Crippen LogP) is 3.31. The normalized spacial score (nSPS) is 12.0. The van der Waals surface area contributed by atoms with Crippen molar-refractivity contribution in [3.63, 3.8) is 0 Å². The zero-order valence-corrected chi connectivity index (χ0v) is 13.7. The van der Waals surface area contributed by atoms with Gasteiger partial charge in [-0.3, -0.25) is 4.98 Å². The van der Waals surface area contributed by atoms with Crippen LogP contribution in [0.3, 0.4) is 0 Å². The number of anilines is 1. The summed E-state index contributed by atoms with van der Waals surface area (Å²) in [5.41, 5.74) is 0.817. The minimum Gasteiger partial charge on any atom is -0.474 e. The molecule has 1 unspecified atom stereocenters. The monoisotopic (exact) mass is 369 g/mol. The number of hydrogen-bond acceptors (Lipinski definition) is 5. The Balaban J connectivity index is 2.15. The lowest BCUT2D eigenvalue weighted by Gasteiger charge is -2.18. The van der Waals surface area contributed by atoms with Gasteiger partial charge in [0.2, 0.25) is 5.88 Å². The molecule has 1 aromatic carbocycles. The molecule has 0 fully saturated rings. The molecule has 0 bridgehead atoms. The molecule has 0 aliphatic carbocycles. The van der Waals surface area contributed by atoms with E-state index in [1.54, 1.807) is 6.20 Å². The van der Waals surface area contributed by atoms with E-state index < -0.39 is 0 Å². The topological polar surface area (TPSA) is 67.3 Å². The maximum atomic E-state index is 13.5. The minimum absolute atomic E-state index is 0.0890. The Morgan fingerprint density at radius 1 is 1.36 bits per heavy atom. The van der Waals surface area contributed by atoms with Crippen LogP contribution in [-0.2, 0) is 0 Å². The third-order valence-electron chi connectivity index (χ3n) is 2.97. The molecule has 2 N–H and O–H groups in total. The second-order valence-electron chi connectivity index (χ2n) is 4.62. The van der Waals surface area contributed by atoms with Crippen molar-refractivity contribution >= 4 is 21.7 Å². The molecule has 118 valence electrons. The molecule has 2 aromatic rings. The number of aromatic nitrogens is 2. The number of nitrogens with one attached hydrogen (secondary N) is 1. The Bertz CT molecular complexity index is 607. The van der Waals surface area contributed by atoms with Gasteiger partial charge in [0.05, 0.1) is 25.0 Å². The van der Waals surface area contributed by atoms with Crippen LogP contribution in [0.15, 0.2) is 35.1 Å². The van der Waals surface area contributed by atoms with Crippen LogP contribution >= 0.6 is 15.9 Å². The smallest absolute Gasteiger partial charge is 0.234 e. The van der Waals surface area contributed by atoms with E-state index in [1.807, 2.05) is 13.0 Å². The molecule has 1 aromatic heterocycles. The lowest BCUT2D eigenvalue weighted by Crippen LogP contribution is -2.12. The van der Waals surface area contributed by atoms with E-state index in [0.717, 1.165) is 12.0 Å². The van der Waals surface area contributed by atoms with Crippen LogP contribution in [0, 0.1) is 5.82 Å². The zero-order chi connectivity index (χ0) is 15.9. The second kappa shape index (κ2) is 8.05. The highest BCUT2D eigenvalue weighted by molar-refractivity contribution is 9.10. The molecule has 0 aliphatic heterocycles. The number of rotatable bonds is 7. The third-order valence-corrected chi connectivity index (χ3v) is 3.43. The van der Waals surface area contributed by atoms with Crippen molar-refractivity contribution in [2.45, 2.75) is 19.4 Å². The van der Waals surface area contributed by atoms with Gasteiger partial charge in [0.15, 0.2) is 0 Å². The molecule has 0 saturated heterocycles. The number of benzene rings is 1. The highest BCUT2D eigenvalue weighted by Crippen LogP contribution is 2.25. The van der Waals surface area contributed by atoms with Crippen molar-refractivity contribution in [3.05, 3.63) is 46.4 Å². The van der Waals surface area contributed by atoms with Gasteiger partial charge in [0, 0.05) is 4.47 Å². The zero-order valence-electron chi connectivity index (χ0n) is 12.1. The largest absolute Gasteiger partial charge is 0.474 e. The minimum atomic E-state index is -0.296. The van der Waals surface area contributed by atoms with Crippen molar-refractivity contribution in [3.8, 4) is 5.88 Å². The van der Waals surface area contributed by atoms with Gasteiger partial charge in [-0.25, -0.2) is 4.39 Å². The molecule has 0 aliphatic rings. The molecular weight excluding hydrogens is 353 g/mol. The van der Waals surface area contributed by atoms with Crippen molar-refractivity contribution < 1.29 is 14.2 Å². The van der Waals surface area contributed by atoms with Gasteiger partial charge in [-0.15, -0.1) is 0 Å². The predicted molar refractivity (Wildman–Crippen MR) is 85.4 cm³/mol. The summed E-state index contributed by atoms with van der Waals surface area (Å²) in [6.45, 7) is 2.07. The fourth-order valence-electron chi connectivity index (χ4n) is 2.01. The summed E-state index contributed by atoms with van der Waals surface area (Å²) in [5, 5.41) is 12.0. The van der Waals surface area contributed by atoms with E-state index in [1.165, 1.54) is 18.3 Å². The van der Waals surface area contributed by atoms with Crippen molar-refractivity contribution in [2.24, 2.45) is 0 Å². The summed E-state index contributed by atoms with van der Waals surface area (Å²) in [5.74, 6) is 0.563. The first-order chi connectivity index (χ1) is 10.6. The first-order valence-electron chi connectivity index (χ1n) is 6.90. The summed E-state index contributed by atoms with van der Waals surface area (Å²) >= 11 is 3.30. The molecule has 2 rings (SSSR count). The Morgan fingerprint density at radius 3 is 2.86 bits per heavy atom. The number of ether oxygens (including phenoxy) is 1. The standard InChI is InChI=1S/C15H17BrFN3O2/c1-2-13(10-5-11(16)7-12(17)6-10)19-14-8-18-9-15(20-14)22-4-3-21/h5-9,13,21H,2-4H2,1H3,(H,19,20). The van der Waals surface area contributed by atoms with Gasteiger partial charge < -0.3 is 15.2 Å². The van der Waals surface area contributed by atoms with E-state index >= 15 is 0 Å². The lowest BCUT2D eigenvalue weighted by atomic mass is 10.0. The Hall–Kier alpha value is -1.73. The van der Waals surface area contributed by atoms with Crippen molar-refractivity contribution in [1.29, 1.82) is 0 Å². The van der Waals surface area contributed by atoms with Crippen LogP contribution in [0.5, 0.6) is 5.88 Å². The molecule has 0 amide bonds. The van der Waals surface area contributed by atoms with Gasteiger partial charge >= 0.3 is 0 Å². The van der Waals surface area contributed by atoms with Crippen LogP contribution < -0.4 is 10.1 Å². The molecule has 22 heavy (non-hydrogen) atoms. The lowest BCUT2D eigenvalue weighted by molar-refractivity contribution is 0.196. The molecule has 1 heterocycles. The molecular formula is C15H17BrFN3O2. The maximum Gasteiger partial charge on any atom is 0.234 e. The highest BCUT2D eigenvalue weighted by atomic mass is 79.9. The van der Waals surface area contributed by atoms with Crippen molar-refractivity contribution in [2.75, 3.05) is 18.5 Å². The van der Waals surface area contributed by atoms with Gasteiger partial charge in [0.25, 0.3) is 0 Å². The average molecular weight is 370 g/mol. The van der Waals surface area contributed by atoms with E-state index in [0.29, 0.717) is 16.2 Å². The summed E-state index contributed by atoms with van der Waals surface area (Å²) in [4.78, 5) is 8.29. The number of aliphatic hydroxyl groups is 1. The molecule has 5 nitrogen and oxygen atoms in total. The molecule has 1 atom stereocenters. The summed E-state index contributed by atoms with van der Waals surface area (Å²) in [6, 6.07) is 4.67. The Morgan fingerprint density at radius 2 is 2.18 bits per heavy atom. The first-order valence-corrected chi connectivity index (χ1v) is 7.70. The van der Waals surface area contributed by atoms with Crippen LogP contribution in [-0.4, -0.2) is 28.3 Å². The van der Waals surface area contributed by atoms with Gasteiger partial charge in [-0.2, -0.15) is 4.98 Å². The SMILES string of the molecule is CCC(Nc1cncc(OCCO)n1)c1cc(F)cc(Br)c1. The quantitative estimate of drug-likeness (QED) is 0.783. The second-order valence-corrected chi connectivity index (χ2v) is 5.54. The van der Waals surface area contributed by atoms with E-state index in [4.69, 9.17) is 9.84 Å². The van der Waals surface area contributed by atoms with Gasteiger partial charge in [-0.05, 0) is 30.2 Å². The highest BCUT2D eigenvalue weighted by Gasteiger charge is 2.12. The van der Waals surface area contributed by atoms with Crippen LogP contribution in [0.25, 0.3) is 0 Å². The van der Waals surface area contributed by atoms with Crippen LogP contribution in [0.4, 0.5) is 10.2 Å². The van der Waals surface area contributed by atoms with Gasteiger partial charge in [0.1, 0.15) is 18.2 Å². The van der Waals surface area contributed by atoms with Crippen molar-refractivity contribution in [1.82, 2.24) is 9.97 Å². The number of aliphatic hydroxyl groups excluding tert-OH is 1. The molecule has 0 saturated carbocycles. The maximum absolute atomic E-state index is 13.5. The van der Waals surface area contributed by atoms with E-state index in [9.17, 15) is 4.39 Å². The fourth-order valence-corrected chi connectivity index (χ4v) is 2.50. The summed E-state index contributed by atoms with van der Waals surface area (Å²) < 4.78 is 19.5. The molecule has 0 radical (unpaired) electrons.